The van der Waals surface area contributed by atoms with E-state index in [1.807, 2.05) is 18.2 Å². The number of nitrogens with one attached hydrogen (secondary N) is 1. The van der Waals surface area contributed by atoms with Gasteiger partial charge in [0.2, 0.25) is 15.9 Å². The Morgan fingerprint density at radius 1 is 1.12 bits per heavy atom. The lowest BCUT2D eigenvalue weighted by molar-refractivity contribution is -0.116. The SMILES string of the molecule is Cc1ccc(Cl)cc1N(C(C)C(=O)Nc1c(C)n(C)n(-c2ccccc2)c1=O)S(C)(=O)=O. The minimum Gasteiger partial charge on any atom is -0.318 e. The van der Waals surface area contributed by atoms with Gasteiger partial charge < -0.3 is 5.32 Å². The lowest BCUT2D eigenvalue weighted by Gasteiger charge is -2.29. The molecule has 32 heavy (non-hydrogen) atoms. The van der Waals surface area contributed by atoms with Crippen molar-refractivity contribution in [2.45, 2.75) is 26.8 Å². The van der Waals surface area contributed by atoms with Crippen molar-refractivity contribution >= 4 is 38.9 Å². The van der Waals surface area contributed by atoms with Crippen LogP contribution in [0.3, 0.4) is 0 Å². The number of hydrogen-bond acceptors (Lipinski definition) is 4. The van der Waals surface area contributed by atoms with Crippen LogP contribution in [-0.2, 0) is 21.9 Å². The fourth-order valence-electron chi connectivity index (χ4n) is 3.54. The zero-order valence-corrected chi connectivity index (χ0v) is 20.0. The van der Waals surface area contributed by atoms with E-state index in [1.165, 1.54) is 17.7 Å². The van der Waals surface area contributed by atoms with Crippen molar-refractivity contribution in [2.24, 2.45) is 7.05 Å². The molecule has 1 N–H and O–H groups in total. The zero-order chi connectivity index (χ0) is 23.8. The van der Waals surface area contributed by atoms with E-state index in [2.05, 4.69) is 5.32 Å². The predicted molar refractivity (Wildman–Crippen MR) is 127 cm³/mol. The number of carbonyl (C=O) groups excluding carboxylic acids is 1. The third-order valence-electron chi connectivity index (χ3n) is 5.30. The molecule has 0 aliphatic rings. The molecular weight excluding hydrogens is 452 g/mol. The van der Waals surface area contributed by atoms with Gasteiger partial charge in [-0.05, 0) is 50.6 Å². The van der Waals surface area contributed by atoms with Crippen LogP contribution < -0.4 is 15.2 Å². The number of carbonyl (C=O) groups is 1. The van der Waals surface area contributed by atoms with Crippen molar-refractivity contribution in [1.82, 2.24) is 9.36 Å². The maximum Gasteiger partial charge on any atom is 0.295 e. The molecule has 0 saturated carbocycles. The van der Waals surface area contributed by atoms with Crippen LogP contribution in [0.2, 0.25) is 5.02 Å². The Morgan fingerprint density at radius 3 is 2.34 bits per heavy atom. The predicted octanol–water partition coefficient (Wildman–Crippen LogP) is 3.24. The Kier molecular flexibility index (Phi) is 6.52. The molecule has 2 aromatic carbocycles. The second-order valence-electron chi connectivity index (χ2n) is 7.59. The standard InChI is InChI=1S/C22H25ClN4O4S/c1-14-11-12-17(23)13-19(14)27(32(5,30)31)16(3)21(28)24-20-15(2)25(4)26(22(20)29)18-9-7-6-8-10-18/h6-13,16H,1-5H3,(H,24,28). The first-order valence-corrected chi connectivity index (χ1v) is 12.1. The highest BCUT2D eigenvalue weighted by molar-refractivity contribution is 7.92. The van der Waals surface area contributed by atoms with E-state index in [0.717, 1.165) is 10.6 Å². The Morgan fingerprint density at radius 2 is 1.75 bits per heavy atom. The summed E-state index contributed by atoms with van der Waals surface area (Å²) < 4.78 is 29.3. The van der Waals surface area contributed by atoms with Gasteiger partial charge in [-0.25, -0.2) is 13.1 Å². The van der Waals surface area contributed by atoms with Crippen LogP contribution in [0.5, 0.6) is 0 Å². The number of sulfonamides is 1. The van der Waals surface area contributed by atoms with E-state index in [9.17, 15) is 18.0 Å². The molecule has 8 nitrogen and oxygen atoms in total. The van der Waals surface area contributed by atoms with Crippen molar-refractivity contribution in [2.75, 3.05) is 15.9 Å². The van der Waals surface area contributed by atoms with Crippen molar-refractivity contribution in [3.05, 3.63) is 75.2 Å². The molecule has 1 atom stereocenters. The smallest absolute Gasteiger partial charge is 0.295 e. The normalized spacial score (nSPS) is 12.4. The third kappa shape index (κ3) is 4.44. The number of benzene rings is 2. The van der Waals surface area contributed by atoms with Gasteiger partial charge in [0.25, 0.3) is 5.56 Å². The quantitative estimate of drug-likeness (QED) is 0.591. The number of nitrogens with zero attached hydrogens (tertiary/aromatic N) is 3. The Hall–Kier alpha value is -3.04. The zero-order valence-electron chi connectivity index (χ0n) is 18.5. The number of para-hydroxylation sites is 1. The fraction of sp³-hybridized carbons (Fsp3) is 0.273. The number of aromatic nitrogens is 2. The summed E-state index contributed by atoms with van der Waals surface area (Å²) in [5, 5.41) is 2.98. The summed E-state index contributed by atoms with van der Waals surface area (Å²) in [4.78, 5) is 26.2. The maximum absolute atomic E-state index is 13.1. The Balaban J connectivity index is 2.01. The van der Waals surface area contributed by atoms with Crippen LogP contribution >= 0.6 is 11.6 Å². The maximum atomic E-state index is 13.1. The van der Waals surface area contributed by atoms with E-state index in [1.54, 1.807) is 49.8 Å². The van der Waals surface area contributed by atoms with E-state index in [-0.39, 0.29) is 5.69 Å². The number of amides is 1. The van der Waals surface area contributed by atoms with E-state index in [4.69, 9.17) is 11.6 Å². The van der Waals surface area contributed by atoms with Gasteiger partial charge in [0.05, 0.1) is 23.3 Å². The van der Waals surface area contributed by atoms with Crippen LogP contribution in [0, 0.1) is 13.8 Å². The average molecular weight is 477 g/mol. The molecule has 1 unspecified atom stereocenters. The Bertz CT molecular complexity index is 1330. The molecule has 0 aliphatic heterocycles. The second-order valence-corrected chi connectivity index (χ2v) is 9.89. The van der Waals surface area contributed by atoms with Gasteiger partial charge in [-0.3, -0.25) is 18.6 Å². The summed E-state index contributed by atoms with van der Waals surface area (Å²) in [5.41, 5.74) is 1.79. The summed E-state index contributed by atoms with van der Waals surface area (Å²) in [5.74, 6) is -0.638. The summed E-state index contributed by atoms with van der Waals surface area (Å²) >= 11 is 6.08. The van der Waals surface area contributed by atoms with Crippen molar-refractivity contribution in [1.29, 1.82) is 0 Å². The molecule has 0 saturated heterocycles. The Labute approximate surface area is 192 Å². The highest BCUT2D eigenvalue weighted by Crippen LogP contribution is 2.28. The van der Waals surface area contributed by atoms with Gasteiger partial charge in [0, 0.05) is 12.1 Å². The van der Waals surface area contributed by atoms with E-state index < -0.39 is 27.5 Å². The molecule has 3 aromatic rings. The number of halogens is 1. The molecule has 1 heterocycles. The van der Waals surface area contributed by atoms with Gasteiger partial charge >= 0.3 is 0 Å². The minimum atomic E-state index is -3.83. The molecular formula is C22H25ClN4O4S. The molecule has 0 aliphatic carbocycles. The molecule has 1 aromatic heterocycles. The van der Waals surface area contributed by atoms with Crippen molar-refractivity contribution in [3.63, 3.8) is 0 Å². The number of aryl methyl sites for hydroxylation is 1. The molecule has 170 valence electrons. The van der Waals surface area contributed by atoms with E-state index in [0.29, 0.717) is 27.7 Å². The van der Waals surface area contributed by atoms with Gasteiger partial charge in [-0.2, -0.15) is 0 Å². The first-order valence-electron chi connectivity index (χ1n) is 9.84. The van der Waals surface area contributed by atoms with Crippen LogP contribution in [0.15, 0.2) is 53.3 Å². The summed E-state index contributed by atoms with van der Waals surface area (Å²) in [6.07, 6.45) is 1.02. The number of rotatable bonds is 6. The third-order valence-corrected chi connectivity index (χ3v) is 6.76. The highest BCUT2D eigenvalue weighted by atomic mass is 35.5. The molecule has 0 bridgehead atoms. The summed E-state index contributed by atoms with van der Waals surface area (Å²) in [6, 6.07) is 12.7. The fourth-order valence-corrected chi connectivity index (χ4v) is 4.93. The molecule has 3 rings (SSSR count). The van der Waals surface area contributed by atoms with Gasteiger partial charge in [-0.1, -0.05) is 35.9 Å². The number of anilines is 2. The average Bonchev–Trinajstić information content (AvgIpc) is 2.93. The van der Waals surface area contributed by atoms with Crippen molar-refractivity contribution < 1.29 is 13.2 Å². The van der Waals surface area contributed by atoms with Crippen LogP contribution in [-0.4, -0.2) is 36.0 Å². The number of hydrogen-bond donors (Lipinski definition) is 1. The first kappa shape index (κ1) is 23.6. The van der Waals surface area contributed by atoms with E-state index >= 15 is 0 Å². The lowest BCUT2D eigenvalue weighted by atomic mass is 10.1. The highest BCUT2D eigenvalue weighted by Gasteiger charge is 2.31. The van der Waals surface area contributed by atoms with Gasteiger partial charge in [0.1, 0.15) is 11.7 Å². The molecule has 0 fully saturated rings. The lowest BCUT2D eigenvalue weighted by Crippen LogP contribution is -2.46. The first-order chi connectivity index (χ1) is 14.9. The van der Waals surface area contributed by atoms with Gasteiger partial charge in [0.15, 0.2) is 0 Å². The minimum absolute atomic E-state index is 0.0875. The topological polar surface area (TPSA) is 93.4 Å². The van der Waals surface area contributed by atoms with Crippen LogP contribution in [0.25, 0.3) is 5.69 Å². The van der Waals surface area contributed by atoms with Crippen LogP contribution in [0.4, 0.5) is 11.4 Å². The summed E-state index contributed by atoms with van der Waals surface area (Å²) in [6.45, 7) is 4.90. The molecule has 0 radical (unpaired) electrons. The molecule has 0 spiro atoms. The monoisotopic (exact) mass is 476 g/mol. The second kappa shape index (κ2) is 8.84. The molecule has 10 heteroatoms. The van der Waals surface area contributed by atoms with Crippen molar-refractivity contribution in [3.8, 4) is 5.69 Å². The largest absolute Gasteiger partial charge is 0.318 e. The van der Waals surface area contributed by atoms with Crippen LogP contribution in [0.1, 0.15) is 18.2 Å². The van der Waals surface area contributed by atoms with Gasteiger partial charge in [-0.15, -0.1) is 0 Å². The summed E-state index contributed by atoms with van der Waals surface area (Å²) in [7, 11) is -2.13. The molecule has 1 amide bonds.